The van der Waals surface area contributed by atoms with Gasteiger partial charge in [0, 0.05) is 18.4 Å². The Morgan fingerprint density at radius 1 is 1.53 bits per heavy atom. The van der Waals surface area contributed by atoms with E-state index >= 15 is 0 Å². The van der Waals surface area contributed by atoms with Gasteiger partial charge >= 0.3 is 5.97 Å². The molecule has 1 N–H and O–H groups in total. The highest BCUT2D eigenvalue weighted by atomic mass is 16.5. The highest BCUT2D eigenvalue weighted by Gasteiger charge is 2.17. The molecule has 0 amide bonds. The summed E-state index contributed by atoms with van der Waals surface area (Å²) in [4.78, 5) is 10.6. The Hall–Kier alpha value is -1.51. The first-order valence-electron chi connectivity index (χ1n) is 5.14. The lowest BCUT2D eigenvalue weighted by molar-refractivity contribution is -0.136. The van der Waals surface area contributed by atoms with Gasteiger partial charge < -0.3 is 9.84 Å². The van der Waals surface area contributed by atoms with Crippen LogP contribution in [0.1, 0.15) is 23.1 Å². The minimum atomic E-state index is -0.745. The molecule has 1 aromatic carbocycles. The number of hydrogen-bond acceptors (Lipinski definition) is 2. The normalized spacial score (nSPS) is 13.4. The van der Waals surface area contributed by atoms with Gasteiger partial charge in [0.2, 0.25) is 0 Å². The topological polar surface area (TPSA) is 46.5 Å². The molecule has 0 spiro atoms. The van der Waals surface area contributed by atoms with Crippen LogP contribution in [0.15, 0.2) is 12.1 Å². The van der Waals surface area contributed by atoms with E-state index in [1.807, 2.05) is 19.1 Å². The van der Waals surface area contributed by atoms with Crippen molar-refractivity contribution in [2.45, 2.75) is 26.2 Å². The van der Waals surface area contributed by atoms with Crippen molar-refractivity contribution in [3.8, 4) is 5.75 Å². The monoisotopic (exact) mass is 206 g/mol. The Balaban J connectivity index is 2.28. The third-order valence-electron chi connectivity index (χ3n) is 2.82. The van der Waals surface area contributed by atoms with E-state index in [0.29, 0.717) is 6.42 Å². The summed E-state index contributed by atoms with van der Waals surface area (Å²) in [5.74, 6) is 0.187. The predicted octanol–water partition coefficient (Wildman–Crippen LogP) is 1.95. The third kappa shape index (κ3) is 1.96. The van der Waals surface area contributed by atoms with Crippen LogP contribution in [0.4, 0.5) is 0 Å². The number of hydrogen-bond donors (Lipinski definition) is 1. The molecule has 1 aliphatic heterocycles. The van der Waals surface area contributed by atoms with Crippen molar-refractivity contribution in [2.75, 3.05) is 6.61 Å². The molecule has 3 heteroatoms. The number of aryl methyl sites for hydroxylation is 1. The van der Waals surface area contributed by atoms with Gasteiger partial charge in [-0.2, -0.15) is 0 Å². The van der Waals surface area contributed by atoms with E-state index in [1.54, 1.807) is 0 Å². The number of benzene rings is 1. The van der Waals surface area contributed by atoms with Gasteiger partial charge in [-0.15, -0.1) is 0 Å². The summed E-state index contributed by atoms with van der Waals surface area (Å²) in [5, 5.41) is 8.68. The first-order valence-corrected chi connectivity index (χ1v) is 5.14. The smallest absolute Gasteiger partial charge is 0.303 e. The Morgan fingerprint density at radius 3 is 3.07 bits per heavy atom. The first kappa shape index (κ1) is 10.0. The maximum absolute atomic E-state index is 10.6. The molecule has 15 heavy (non-hydrogen) atoms. The number of carboxylic acid groups (broad SMARTS) is 1. The minimum absolute atomic E-state index is 0.192. The zero-order valence-electron chi connectivity index (χ0n) is 8.75. The molecule has 2 rings (SSSR count). The number of ether oxygens (including phenoxy) is 1. The van der Waals surface area contributed by atoms with Crippen LogP contribution in [0.3, 0.4) is 0 Å². The highest BCUT2D eigenvalue weighted by molar-refractivity contribution is 5.67. The van der Waals surface area contributed by atoms with Crippen LogP contribution in [0.5, 0.6) is 5.75 Å². The fourth-order valence-corrected chi connectivity index (χ4v) is 2.04. The van der Waals surface area contributed by atoms with Gasteiger partial charge in [0.15, 0.2) is 0 Å². The van der Waals surface area contributed by atoms with Crippen molar-refractivity contribution in [2.24, 2.45) is 0 Å². The van der Waals surface area contributed by atoms with Crippen LogP contribution in [0.25, 0.3) is 0 Å². The van der Waals surface area contributed by atoms with Gasteiger partial charge in [0.25, 0.3) is 0 Å². The first-order chi connectivity index (χ1) is 7.18. The predicted molar refractivity (Wildman–Crippen MR) is 56.3 cm³/mol. The van der Waals surface area contributed by atoms with E-state index in [0.717, 1.165) is 24.3 Å². The molecule has 0 saturated carbocycles. The van der Waals surface area contributed by atoms with E-state index < -0.39 is 5.97 Å². The number of aliphatic carboxylic acids is 1. The second kappa shape index (κ2) is 3.93. The van der Waals surface area contributed by atoms with Crippen molar-refractivity contribution < 1.29 is 14.6 Å². The molecule has 1 aliphatic rings. The second-order valence-corrected chi connectivity index (χ2v) is 3.83. The van der Waals surface area contributed by atoms with Crippen molar-refractivity contribution in [3.63, 3.8) is 0 Å². The number of carboxylic acids is 1. The Morgan fingerprint density at radius 2 is 2.33 bits per heavy atom. The number of rotatable bonds is 3. The van der Waals surface area contributed by atoms with Gasteiger partial charge in [0.05, 0.1) is 6.61 Å². The Kier molecular flexibility index (Phi) is 2.62. The fourth-order valence-electron chi connectivity index (χ4n) is 2.04. The van der Waals surface area contributed by atoms with Gasteiger partial charge in [-0.3, -0.25) is 4.79 Å². The summed E-state index contributed by atoms with van der Waals surface area (Å²) in [6.07, 6.45) is 1.71. The van der Waals surface area contributed by atoms with Crippen LogP contribution in [-0.4, -0.2) is 17.7 Å². The van der Waals surface area contributed by atoms with E-state index in [9.17, 15) is 4.79 Å². The van der Waals surface area contributed by atoms with E-state index in [4.69, 9.17) is 9.84 Å². The standard InChI is InChI=1S/C12H14O3/c1-8-2-4-11-10(6-7-15-11)9(8)3-5-12(13)14/h2,4H,3,5-7H2,1H3,(H,13,14). The van der Waals surface area contributed by atoms with Gasteiger partial charge in [-0.25, -0.2) is 0 Å². The average Bonchev–Trinajstić information content (AvgIpc) is 2.63. The summed E-state index contributed by atoms with van der Waals surface area (Å²) in [6.45, 7) is 2.74. The molecule has 1 aromatic rings. The maximum Gasteiger partial charge on any atom is 0.303 e. The van der Waals surface area contributed by atoms with Gasteiger partial charge in [-0.1, -0.05) is 6.07 Å². The number of fused-ring (bicyclic) bond motifs is 1. The molecular weight excluding hydrogens is 192 g/mol. The molecule has 0 fully saturated rings. The Bertz CT molecular complexity index is 396. The van der Waals surface area contributed by atoms with Crippen LogP contribution in [0.2, 0.25) is 0 Å². The molecule has 80 valence electrons. The van der Waals surface area contributed by atoms with Crippen molar-refractivity contribution >= 4 is 5.97 Å². The second-order valence-electron chi connectivity index (χ2n) is 3.83. The summed E-state index contributed by atoms with van der Waals surface area (Å²) < 4.78 is 5.45. The fraction of sp³-hybridized carbons (Fsp3) is 0.417. The molecule has 0 aliphatic carbocycles. The van der Waals surface area contributed by atoms with Crippen LogP contribution >= 0.6 is 0 Å². The lowest BCUT2D eigenvalue weighted by atomic mass is 9.96. The quantitative estimate of drug-likeness (QED) is 0.822. The minimum Gasteiger partial charge on any atom is -0.493 e. The summed E-state index contributed by atoms with van der Waals surface area (Å²) in [7, 11) is 0. The lowest BCUT2D eigenvalue weighted by Crippen LogP contribution is -2.01. The summed E-state index contributed by atoms with van der Waals surface area (Å²) in [6, 6.07) is 3.98. The molecular formula is C12H14O3. The van der Waals surface area contributed by atoms with E-state index in [2.05, 4.69) is 0 Å². The largest absolute Gasteiger partial charge is 0.493 e. The molecule has 0 saturated heterocycles. The molecule has 0 aromatic heterocycles. The molecule has 0 bridgehead atoms. The van der Waals surface area contributed by atoms with Crippen molar-refractivity contribution in [3.05, 3.63) is 28.8 Å². The SMILES string of the molecule is Cc1ccc2c(c1CCC(=O)O)CCO2. The lowest BCUT2D eigenvalue weighted by Gasteiger charge is -2.09. The third-order valence-corrected chi connectivity index (χ3v) is 2.82. The molecule has 1 heterocycles. The van der Waals surface area contributed by atoms with Gasteiger partial charge in [-0.05, 0) is 30.5 Å². The Labute approximate surface area is 88.7 Å². The summed E-state index contributed by atoms with van der Waals surface area (Å²) in [5.41, 5.74) is 3.53. The molecule has 0 radical (unpaired) electrons. The zero-order chi connectivity index (χ0) is 10.8. The highest BCUT2D eigenvalue weighted by Crippen LogP contribution is 2.31. The van der Waals surface area contributed by atoms with Gasteiger partial charge in [0.1, 0.15) is 5.75 Å². The maximum atomic E-state index is 10.6. The van der Waals surface area contributed by atoms with Crippen LogP contribution in [0, 0.1) is 6.92 Å². The van der Waals surface area contributed by atoms with E-state index in [1.165, 1.54) is 11.1 Å². The van der Waals surface area contributed by atoms with Crippen molar-refractivity contribution in [1.82, 2.24) is 0 Å². The molecule has 0 unspecified atom stereocenters. The van der Waals surface area contributed by atoms with Crippen molar-refractivity contribution in [1.29, 1.82) is 0 Å². The average molecular weight is 206 g/mol. The number of carbonyl (C=O) groups is 1. The van der Waals surface area contributed by atoms with Crippen LogP contribution in [-0.2, 0) is 17.6 Å². The summed E-state index contributed by atoms with van der Waals surface area (Å²) >= 11 is 0. The molecule has 3 nitrogen and oxygen atoms in total. The zero-order valence-corrected chi connectivity index (χ0v) is 8.75. The van der Waals surface area contributed by atoms with E-state index in [-0.39, 0.29) is 6.42 Å². The van der Waals surface area contributed by atoms with Crippen LogP contribution < -0.4 is 4.74 Å². The molecule has 0 atom stereocenters.